The lowest BCUT2D eigenvalue weighted by atomic mass is 10.1. The van der Waals surface area contributed by atoms with Crippen molar-refractivity contribution in [3.05, 3.63) is 36.3 Å². The number of aromatic amines is 1. The van der Waals surface area contributed by atoms with Crippen LogP contribution in [-0.4, -0.2) is 35.7 Å². The number of nitrogens with one attached hydrogen (secondary N) is 2. The average Bonchev–Trinajstić information content (AvgIpc) is 2.97. The Labute approximate surface area is 135 Å². The van der Waals surface area contributed by atoms with Gasteiger partial charge in [-0.1, -0.05) is 32.0 Å². The third-order valence-electron chi connectivity index (χ3n) is 3.90. The second-order valence-electron chi connectivity index (χ2n) is 5.66. The number of benzene rings is 1. The fraction of sp³-hybridized carbons (Fsp3) is 0.375. The van der Waals surface area contributed by atoms with Gasteiger partial charge >= 0.3 is 0 Å². The number of hydrogen-bond donors (Lipinski definition) is 2. The van der Waals surface area contributed by atoms with Crippen molar-refractivity contribution in [3.63, 3.8) is 0 Å². The van der Waals surface area contributed by atoms with Crippen molar-refractivity contribution in [1.29, 1.82) is 0 Å². The molecule has 0 fully saturated rings. The molecule has 2 heterocycles. The molecule has 0 aliphatic heterocycles. The molecule has 3 rings (SSSR count). The summed E-state index contributed by atoms with van der Waals surface area (Å²) < 4.78 is 26.0. The number of pyridine rings is 1. The first-order valence-electron chi connectivity index (χ1n) is 7.71. The summed E-state index contributed by atoms with van der Waals surface area (Å²) in [5.41, 5.74) is 2.67. The van der Waals surface area contributed by atoms with Gasteiger partial charge in [-0.3, -0.25) is 4.98 Å². The number of sulfonamides is 1. The Kier molecular flexibility index (Phi) is 4.32. The Morgan fingerprint density at radius 3 is 2.83 bits per heavy atom. The molecule has 7 heteroatoms. The average molecular weight is 332 g/mol. The van der Waals surface area contributed by atoms with Gasteiger partial charge in [0.15, 0.2) is 0 Å². The minimum atomic E-state index is -3.20. The van der Waals surface area contributed by atoms with Crippen LogP contribution in [0.2, 0.25) is 0 Å². The zero-order valence-electron chi connectivity index (χ0n) is 13.2. The predicted octanol–water partition coefficient (Wildman–Crippen LogP) is 2.54. The number of H-pyrrole nitrogens is 1. The van der Waals surface area contributed by atoms with E-state index in [4.69, 9.17) is 0 Å². The Bertz CT molecular complexity index is 934. The van der Waals surface area contributed by atoms with Gasteiger partial charge in [-0.05, 0) is 12.5 Å². The quantitative estimate of drug-likeness (QED) is 0.726. The van der Waals surface area contributed by atoms with Crippen LogP contribution < -0.4 is 4.72 Å². The number of aromatic nitrogens is 3. The van der Waals surface area contributed by atoms with Crippen molar-refractivity contribution < 1.29 is 8.42 Å². The predicted molar refractivity (Wildman–Crippen MR) is 91.9 cm³/mol. The Morgan fingerprint density at radius 2 is 2.04 bits per heavy atom. The minimum Gasteiger partial charge on any atom is -0.341 e. The Hall–Kier alpha value is -1.99. The highest BCUT2D eigenvalue weighted by atomic mass is 32.2. The monoisotopic (exact) mass is 332 g/mol. The maximum Gasteiger partial charge on any atom is 0.211 e. The van der Waals surface area contributed by atoms with Gasteiger partial charge in [-0.15, -0.1) is 0 Å². The molecular weight excluding hydrogens is 312 g/mol. The summed E-state index contributed by atoms with van der Waals surface area (Å²) >= 11 is 0. The van der Waals surface area contributed by atoms with E-state index in [0.717, 1.165) is 27.8 Å². The van der Waals surface area contributed by atoms with Gasteiger partial charge in [-0.2, -0.15) is 0 Å². The van der Waals surface area contributed by atoms with E-state index in [1.807, 2.05) is 31.2 Å². The zero-order valence-corrected chi connectivity index (χ0v) is 14.0. The van der Waals surface area contributed by atoms with Crippen molar-refractivity contribution in [2.75, 3.05) is 12.3 Å². The standard InChI is InChI=1S/C16H20N4O2S/c1-3-18-23(21,22)9-8-11(2)16-19-14-10-17-13-7-5-4-6-12(13)15(14)20-16/h4-7,10-11,18H,3,8-9H2,1-2H3,(H,19,20). The smallest absolute Gasteiger partial charge is 0.211 e. The molecule has 0 spiro atoms. The fourth-order valence-corrected chi connectivity index (χ4v) is 3.87. The molecule has 2 N–H and O–H groups in total. The van der Waals surface area contributed by atoms with E-state index >= 15 is 0 Å². The summed E-state index contributed by atoms with van der Waals surface area (Å²) in [4.78, 5) is 12.3. The van der Waals surface area contributed by atoms with Gasteiger partial charge in [0.1, 0.15) is 11.3 Å². The number of rotatable bonds is 6. The Balaban J connectivity index is 1.87. The summed E-state index contributed by atoms with van der Waals surface area (Å²) in [6.45, 7) is 4.17. The van der Waals surface area contributed by atoms with Crippen molar-refractivity contribution in [2.24, 2.45) is 0 Å². The summed E-state index contributed by atoms with van der Waals surface area (Å²) in [5.74, 6) is 0.914. The van der Waals surface area contributed by atoms with Crippen LogP contribution in [0.15, 0.2) is 30.5 Å². The van der Waals surface area contributed by atoms with Crippen LogP contribution in [0.1, 0.15) is 32.0 Å². The summed E-state index contributed by atoms with van der Waals surface area (Å²) in [6, 6.07) is 7.89. The maximum absolute atomic E-state index is 11.8. The molecule has 0 aliphatic carbocycles. The molecule has 3 aromatic rings. The maximum atomic E-state index is 11.8. The number of imidazole rings is 1. The lowest BCUT2D eigenvalue weighted by Crippen LogP contribution is -2.26. The van der Waals surface area contributed by atoms with Gasteiger partial charge in [0.05, 0.1) is 23.0 Å². The minimum absolute atomic E-state index is 0.0228. The SMILES string of the molecule is CCNS(=O)(=O)CCC(C)c1nc2cnc3ccccc3c2[nH]1. The largest absolute Gasteiger partial charge is 0.341 e. The molecule has 1 unspecified atom stereocenters. The molecule has 0 amide bonds. The first-order valence-corrected chi connectivity index (χ1v) is 9.36. The molecule has 1 aromatic carbocycles. The molecule has 0 aliphatic rings. The topological polar surface area (TPSA) is 87.7 Å². The molecule has 23 heavy (non-hydrogen) atoms. The second kappa shape index (κ2) is 6.25. The van der Waals surface area contributed by atoms with Crippen LogP contribution >= 0.6 is 0 Å². The van der Waals surface area contributed by atoms with Crippen LogP contribution in [0.3, 0.4) is 0 Å². The van der Waals surface area contributed by atoms with Gasteiger partial charge in [0, 0.05) is 17.8 Å². The lowest BCUT2D eigenvalue weighted by molar-refractivity contribution is 0.574. The van der Waals surface area contributed by atoms with Crippen LogP contribution in [0.25, 0.3) is 21.9 Å². The van der Waals surface area contributed by atoms with Crippen LogP contribution in [0.5, 0.6) is 0 Å². The van der Waals surface area contributed by atoms with Crippen molar-refractivity contribution in [3.8, 4) is 0 Å². The van der Waals surface area contributed by atoms with E-state index in [2.05, 4.69) is 19.7 Å². The van der Waals surface area contributed by atoms with Crippen molar-refractivity contribution in [1.82, 2.24) is 19.7 Å². The number of para-hydroxylation sites is 1. The van der Waals surface area contributed by atoms with E-state index in [1.165, 1.54) is 0 Å². The highest BCUT2D eigenvalue weighted by molar-refractivity contribution is 7.89. The van der Waals surface area contributed by atoms with Gasteiger partial charge in [0.25, 0.3) is 0 Å². The zero-order chi connectivity index (χ0) is 16.4. The molecule has 1 atom stereocenters. The van der Waals surface area contributed by atoms with Crippen LogP contribution in [0.4, 0.5) is 0 Å². The molecule has 0 bridgehead atoms. The van der Waals surface area contributed by atoms with Crippen LogP contribution in [-0.2, 0) is 10.0 Å². The first kappa shape index (κ1) is 15.9. The normalized spacial score (nSPS) is 13.7. The highest BCUT2D eigenvalue weighted by Crippen LogP contribution is 2.25. The number of nitrogens with zero attached hydrogens (tertiary/aromatic N) is 2. The van der Waals surface area contributed by atoms with Gasteiger partial charge < -0.3 is 4.98 Å². The Morgan fingerprint density at radius 1 is 1.26 bits per heavy atom. The molecule has 2 aromatic heterocycles. The second-order valence-corrected chi connectivity index (χ2v) is 7.59. The van der Waals surface area contributed by atoms with E-state index in [-0.39, 0.29) is 11.7 Å². The first-order chi connectivity index (χ1) is 11.0. The lowest BCUT2D eigenvalue weighted by Gasteiger charge is -2.09. The van der Waals surface area contributed by atoms with E-state index in [9.17, 15) is 8.42 Å². The third-order valence-corrected chi connectivity index (χ3v) is 5.40. The van der Waals surface area contributed by atoms with E-state index in [1.54, 1.807) is 13.1 Å². The van der Waals surface area contributed by atoms with Crippen molar-refractivity contribution in [2.45, 2.75) is 26.2 Å². The number of fused-ring (bicyclic) bond motifs is 3. The highest BCUT2D eigenvalue weighted by Gasteiger charge is 2.16. The molecule has 0 saturated heterocycles. The third kappa shape index (κ3) is 3.35. The molecule has 0 saturated carbocycles. The summed E-state index contributed by atoms with van der Waals surface area (Å²) in [6.07, 6.45) is 2.26. The van der Waals surface area contributed by atoms with Crippen LogP contribution in [0, 0.1) is 0 Å². The van der Waals surface area contributed by atoms with E-state index < -0.39 is 10.0 Å². The molecular formula is C16H20N4O2S. The van der Waals surface area contributed by atoms with Gasteiger partial charge in [0.2, 0.25) is 10.0 Å². The molecule has 122 valence electrons. The van der Waals surface area contributed by atoms with E-state index in [0.29, 0.717) is 13.0 Å². The molecule has 0 radical (unpaired) electrons. The summed E-state index contributed by atoms with van der Waals surface area (Å²) in [7, 11) is -3.20. The molecule has 6 nitrogen and oxygen atoms in total. The van der Waals surface area contributed by atoms with Crippen molar-refractivity contribution >= 4 is 32.0 Å². The summed E-state index contributed by atoms with van der Waals surface area (Å²) in [5, 5.41) is 1.02. The van der Waals surface area contributed by atoms with Gasteiger partial charge in [-0.25, -0.2) is 18.1 Å². The fourth-order valence-electron chi connectivity index (χ4n) is 2.63. The number of hydrogen-bond acceptors (Lipinski definition) is 4.